The number of ether oxygens (including phenoxy) is 2. The predicted molar refractivity (Wildman–Crippen MR) is 115 cm³/mol. The highest BCUT2D eigenvalue weighted by atomic mass is 16.5. The fraction of sp³-hybridized carbons (Fsp3) is 0.391. The zero-order valence-electron chi connectivity index (χ0n) is 17.5. The minimum absolute atomic E-state index is 0.0683. The molecule has 7 heteroatoms. The van der Waals surface area contributed by atoms with Gasteiger partial charge >= 0.3 is 0 Å². The molecule has 1 fully saturated rings. The van der Waals surface area contributed by atoms with Crippen molar-refractivity contribution in [2.75, 3.05) is 51.8 Å². The Morgan fingerprint density at radius 3 is 2.30 bits per heavy atom. The van der Waals surface area contributed by atoms with E-state index in [-0.39, 0.29) is 29.3 Å². The van der Waals surface area contributed by atoms with Gasteiger partial charge in [-0.1, -0.05) is 18.2 Å². The number of carbonyl (C=O) groups is 2. The van der Waals surface area contributed by atoms with Crippen LogP contribution in [0, 0.1) is 0 Å². The number of hydrogen-bond acceptors (Lipinski definition) is 7. The minimum Gasteiger partial charge on any atom is -0.507 e. The number of piperazine rings is 1. The Kier molecular flexibility index (Phi) is 7.30. The number of rotatable bonds is 9. The summed E-state index contributed by atoms with van der Waals surface area (Å²) in [5.41, 5.74) is 1.15. The Hall–Kier alpha value is -3.06. The minimum atomic E-state index is -0.420. The number of benzene rings is 2. The first-order valence-electron chi connectivity index (χ1n) is 10.0. The van der Waals surface area contributed by atoms with Gasteiger partial charge in [0.2, 0.25) is 0 Å². The summed E-state index contributed by atoms with van der Waals surface area (Å²) in [4.78, 5) is 29.3. The van der Waals surface area contributed by atoms with E-state index in [0.29, 0.717) is 13.0 Å². The Balaban J connectivity index is 1.48. The molecule has 2 aromatic rings. The van der Waals surface area contributed by atoms with E-state index in [2.05, 4.69) is 15.9 Å². The highest BCUT2D eigenvalue weighted by molar-refractivity contribution is 6.10. The Morgan fingerprint density at radius 1 is 0.933 bits per heavy atom. The number of anilines is 1. The van der Waals surface area contributed by atoms with Gasteiger partial charge in [0.25, 0.3) is 0 Å². The normalized spacial score (nSPS) is 14.4. The quantitative estimate of drug-likeness (QED) is 0.501. The maximum absolute atomic E-state index is 12.5. The van der Waals surface area contributed by atoms with Crippen molar-refractivity contribution in [3.63, 3.8) is 0 Å². The molecule has 0 unspecified atom stereocenters. The van der Waals surface area contributed by atoms with Crippen molar-refractivity contribution in [3.8, 4) is 17.2 Å². The third-order valence-electron chi connectivity index (χ3n) is 5.37. The van der Waals surface area contributed by atoms with Gasteiger partial charge in [0, 0.05) is 39.1 Å². The van der Waals surface area contributed by atoms with Crippen molar-refractivity contribution >= 4 is 17.3 Å². The zero-order chi connectivity index (χ0) is 21.5. The number of aromatic hydroxyl groups is 1. The number of carbonyl (C=O) groups excluding carboxylic acids is 2. The topological polar surface area (TPSA) is 79.3 Å². The standard InChI is InChI=1S/C23H28N2O5/c1-29-21-8-4-3-6-18(21)25-14-12-24(13-15-25)11-10-17(26)16-20(28)23-19(27)7-5-9-22(23)30-2/h3-9,27H,10-16H2,1-2H3. The van der Waals surface area contributed by atoms with Crippen LogP contribution in [0.5, 0.6) is 17.2 Å². The lowest BCUT2D eigenvalue weighted by Gasteiger charge is -2.36. The lowest BCUT2D eigenvalue weighted by atomic mass is 10.0. The summed E-state index contributed by atoms with van der Waals surface area (Å²) >= 11 is 0. The molecule has 0 bridgehead atoms. The fourth-order valence-corrected chi connectivity index (χ4v) is 3.71. The molecule has 1 aliphatic rings. The number of nitrogens with zero attached hydrogens (tertiary/aromatic N) is 2. The SMILES string of the molecule is COc1ccccc1N1CCN(CCC(=O)CC(=O)c2c(O)cccc2OC)CC1. The number of phenols is 1. The number of hydrogen-bond donors (Lipinski definition) is 1. The van der Waals surface area contributed by atoms with Gasteiger partial charge in [-0.2, -0.15) is 0 Å². The van der Waals surface area contributed by atoms with Crippen molar-refractivity contribution in [2.24, 2.45) is 0 Å². The van der Waals surface area contributed by atoms with E-state index < -0.39 is 5.78 Å². The van der Waals surface area contributed by atoms with Gasteiger partial charge in [0.1, 0.15) is 28.6 Å². The molecule has 1 aliphatic heterocycles. The van der Waals surface area contributed by atoms with Gasteiger partial charge in [-0.15, -0.1) is 0 Å². The van der Waals surface area contributed by atoms with Crippen molar-refractivity contribution in [1.29, 1.82) is 0 Å². The van der Waals surface area contributed by atoms with Crippen LogP contribution in [0.1, 0.15) is 23.2 Å². The predicted octanol–water partition coefficient (Wildman–Crippen LogP) is 2.76. The molecule has 3 rings (SSSR count). The van der Waals surface area contributed by atoms with Gasteiger partial charge < -0.3 is 19.5 Å². The van der Waals surface area contributed by atoms with Crippen LogP contribution < -0.4 is 14.4 Å². The fourth-order valence-electron chi connectivity index (χ4n) is 3.71. The Morgan fingerprint density at radius 2 is 1.60 bits per heavy atom. The maximum Gasteiger partial charge on any atom is 0.177 e. The molecule has 1 heterocycles. The van der Waals surface area contributed by atoms with Crippen LogP contribution in [0.15, 0.2) is 42.5 Å². The van der Waals surface area contributed by atoms with E-state index in [4.69, 9.17) is 9.47 Å². The molecular formula is C23H28N2O5. The van der Waals surface area contributed by atoms with Gasteiger partial charge in [0.05, 0.1) is 26.3 Å². The van der Waals surface area contributed by atoms with E-state index in [9.17, 15) is 14.7 Å². The van der Waals surface area contributed by atoms with Gasteiger partial charge in [-0.05, 0) is 24.3 Å². The largest absolute Gasteiger partial charge is 0.507 e. The number of methoxy groups -OCH3 is 2. The monoisotopic (exact) mass is 412 g/mol. The zero-order valence-corrected chi connectivity index (χ0v) is 17.5. The molecule has 160 valence electrons. The van der Waals surface area contributed by atoms with Gasteiger partial charge in [0.15, 0.2) is 5.78 Å². The second-order valence-electron chi connectivity index (χ2n) is 7.24. The van der Waals surface area contributed by atoms with Crippen LogP contribution in [0.25, 0.3) is 0 Å². The summed E-state index contributed by atoms with van der Waals surface area (Å²) in [5, 5.41) is 9.96. The average molecular weight is 412 g/mol. The van der Waals surface area contributed by atoms with Crippen molar-refractivity contribution in [2.45, 2.75) is 12.8 Å². The van der Waals surface area contributed by atoms with Crippen LogP contribution in [0.4, 0.5) is 5.69 Å². The van der Waals surface area contributed by atoms with E-state index in [0.717, 1.165) is 37.6 Å². The van der Waals surface area contributed by atoms with E-state index in [1.54, 1.807) is 19.2 Å². The average Bonchev–Trinajstić information content (AvgIpc) is 2.77. The molecule has 30 heavy (non-hydrogen) atoms. The number of ketones is 2. The molecule has 0 atom stereocenters. The van der Waals surface area contributed by atoms with Crippen molar-refractivity contribution in [3.05, 3.63) is 48.0 Å². The molecule has 0 aromatic heterocycles. The summed E-state index contributed by atoms with van der Waals surface area (Å²) < 4.78 is 10.6. The van der Waals surface area contributed by atoms with Crippen LogP contribution in [-0.2, 0) is 4.79 Å². The first-order chi connectivity index (χ1) is 14.5. The molecule has 0 saturated carbocycles. The maximum atomic E-state index is 12.5. The van der Waals surface area contributed by atoms with Crippen LogP contribution in [0.3, 0.4) is 0 Å². The van der Waals surface area contributed by atoms with Crippen LogP contribution in [0.2, 0.25) is 0 Å². The van der Waals surface area contributed by atoms with E-state index >= 15 is 0 Å². The smallest absolute Gasteiger partial charge is 0.177 e. The molecule has 1 saturated heterocycles. The lowest BCUT2D eigenvalue weighted by Crippen LogP contribution is -2.47. The molecular weight excluding hydrogens is 384 g/mol. The third kappa shape index (κ3) is 5.10. The van der Waals surface area contributed by atoms with E-state index in [1.807, 2.05) is 18.2 Å². The first-order valence-corrected chi connectivity index (χ1v) is 10.0. The highest BCUT2D eigenvalue weighted by Gasteiger charge is 2.22. The number of phenolic OH excluding ortho intramolecular Hbond substituents is 1. The highest BCUT2D eigenvalue weighted by Crippen LogP contribution is 2.29. The number of para-hydroxylation sites is 2. The summed E-state index contributed by atoms with van der Waals surface area (Å²) in [6, 6.07) is 12.6. The lowest BCUT2D eigenvalue weighted by molar-refractivity contribution is -0.118. The van der Waals surface area contributed by atoms with Crippen LogP contribution >= 0.6 is 0 Å². The molecule has 1 N–H and O–H groups in total. The molecule has 0 spiro atoms. The summed E-state index contributed by atoms with van der Waals surface area (Å²) in [6.45, 7) is 3.99. The molecule has 0 aliphatic carbocycles. The molecule has 0 radical (unpaired) electrons. The van der Waals surface area contributed by atoms with Crippen molar-refractivity contribution in [1.82, 2.24) is 4.90 Å². The third-order valence-corrected chi connectivity index (χ3v) is 5.37. The second-order valence-corrected chi connectivity index (χ2v) is 7.24. The summed E-state index contributed by atoms with van der Waals surface area (Å²) in [7, 11) is 3.10. The molecule has 0 amide bonds. The summed E-state index contributed by atoms with van der Waals surface area (Å²) in [6.07, 6.45) is 0.0609. The Bertz CT molecular complexity index is 891. The summed E-state index contributed by atoms with van der Waals surface area (Å²) in [5.74, 6) is 0.410. The van der Waals surface area contributed by atoms with Gasteiger partial charge in [-0.3, -0.25) is 14.5 Å². The molecule has 2 aromatic carbocycles. The number of Topliss-reactive ketones (excluding diaryl/α,β-unsaturated/α-hetero) is 2. The van der Waals surface area contributed by atoms with Crippen LogP contribution in [-0.4, -0.2) is 68.5 Å². The van der Waals surface area contributed by atoms with E-state index in [1.165, 1.54) is 13.2 Å². The molecule has 7 nitrogen and oxygen atoms in total. The van der Waals surface area contributed by atoms with Crippen molar-refractivity contribution < 1.29 is 24.2 Å². The first kappa shape index (κ1) is 21.6. The Labute approximate surface area is 176 Å². The van der Waals surface area contributed by atoms with Gasteiger partial charge in [-0.25, -0.2) is 0 Å². The second kappa shape index (κ2) is 10.1.